The molecule has 4 nitrogen and oxygen atoms in total. The Balaban J connectivity index is 2.25. The maximum atomic E-state index is 11.0. The zero-order chi connectivity index (χ0) is 17.7. The van der Waals surface area contributed by atoms with Gasteiger partial charge < -0.3 is 9.84 Å². The van der Waals surface area contributed by atoms with Crippen LogP contribution in [0.2, 0.25) is 0 Å². The molecule has 0 unspecified atom stereocenters. The first-order valence-electron chi connectivity index (χ1n) is 8.22. The largest absolute Gasteiger partial charge is 0.478 e. The number of benzene rings is 1. The number of aliphatic carboxylic acids is 1. The monoisotopic (exact) mass is 328 g/mol. The van der Waals surface area contributed by atoms with E-state index in [1.807, 2.05) is 6.08 Å². The van der Waals surface area contributed by atoms with E-state index in [0.717, 1.165) is 18.9 Å². The molecule has 4 heteroatoms. The van der Waals surface area contributed by atoms with Crippen LogP contribution in [0.25, 0.3) is 6.08 Å². The number of rotatable bonds is 5. The molecule has 0 bridgehead atoms. The van der Waals surface area contributed by atoms with E-state index in [2.05, 4.69) is 26.0 Å². The number of allylic oxidation sites excluding steroid dienone is 2. The second-order valence-electron chi connectivity index (χ2n) is 6.43. The van der Waals surface area contributed by atoms with Crippen LogP contribution in [0, 0.1) is 12.8 Å². The summed E-state index contributed by atoms with van der Waals surface area (Å²) in [5.41, 5.74) is 4.97. The van der Waals surface area contributed by atoms with Crippen LogP contribution in [0.4, 0.5) is 0 Å². The molecule has 0 aliphatic heterocycles. The van der Waals surface area contributed by atoms with E-state index in [1.165, 1.54) is 35.3 Å². The van der Waals surface area contributed by atoms with E-state index >= 15 is 0 Å². The third kappa shape index (κ3) is 4.57. The molecular formula is C20H24O4. The predicted octanol–water partition coefficient (Wildman–Crippen LogP) is 3.88. The van der Waals surface area contributed by atoms with Crippen LogP contribution in [0.1, 0.15) is 48.4 Å². The van der Waals surface area contributed by atoms with Gasteiger partial charge in [-0.2, -0.15) is 0 Å². The van der Waals surface area contributed by atoms with Gasteiger partial charge in [0.05, 0.1) is 6.61 Å². The van der Waals surface area contributed by atoms with Crippen molar-refractivity contribution in [3.63, 3.8) is 0 Å². The fraction of sp³-hybridized carbons (Fsp3) is 0.400. The first kappa shape index (κ1) is 18.0. The SMILES string of the molecule is CC(=O)OC[C@@H]1Cc2ccc(C)c(/C=C/C=C/C(=O)O)c2[C@H](C)C1. The summed E-state index contributed by atoms with van der Waals surface area (Å²) >= 11 is 0. The van der Waals surface area contributed by atoms with Gasteiger partial charge >= 0.3 is 11.9 Å². The van der Waals surface area contributed by atoms with E-state index in [9.17, 15) is 9.59 Å². The zero-order valence-electron chi connectivity index (χ0n) is 14.4. The Labute approximate surface area is 142 Å². The molecule has 1 N–H and O–H groups in total. The lowest BCUT2D eigenvalue weighted by Gasteiger charge is -2.31. The van der Waals surface area contributed by atoms with Crippen LogP contribution >= 0.6 is 0 Å². The second kappa shape index (κ2) is 7.95. The number of carboxylic acid groups (broad SMARTS) is 1. The fourth-order valence-corrected chi connectivity index (χ4v) is 3.44. The van der Waals surface area contributed by atoms with E-state index in [1.54, 1.807) is 6.08 Å². The molecule has 0 saturated heterocycles. The van der Waals surface area contributed by atoms with Gasteiger partial charge in [-0.25, -0.2) is 4.79 Å². The van der Waals surface area contributed by atoms with Gasteiger partial charge in [-0.1, -0.05) is 37.3 Å². The topological polar surface area (TPSA) is 63.6 Å². The molecule has 2 atom stereocenters. The minimum Gasteiger partial charge on any atom is -0.478 e. The lowest BCUT2D eigenvalue weighted by molar-refractivity contribution is -0.142. The van der Waals surface area contributed by atoms with Crippen molar-refractivity contribution < 1.29 is 19.4 Å². The molecule has 2 rings (SSSR count). The number of hydrogen-bond donors (Lipinski definition) is 1. The highest BCUT2D eigenvalue weighted by Crippen LogP contribution is 2.38. The minimum absolute atomic E-state index is 0.230. The van der Waals surface area contributed by atoms with Crippen LogP contribution in [0.5, 0.6) is 0 Å². The molecule has 1 aliphatic rings. The van der Waals surface area contributed by atoms with E-state index < -0.39 is 5.97 Å². The van der Waals surface area contributed by atoms with Gasteiger partial charge in [0.25, 0.3) is 0 Å². The Hall–Kier alpha value is -2.36. The standard InChI is InChI=1S/C20H24O4/c1-13-8-9-17-11-16(12-24-15(3)21)10-14(2)20(17)18(13)6-4-5-7-19(22)23/h4-9,14,16H,10-12H2,1-3H3,(H,22,23)/b6-4+,7-5+/t14-,16+/m1/s1. The first-order chi connectivity index (χ1) is 11.4. The van der Waals surface area contributed by atoms with Gasteiger partial charge in [0, 0.05) is 13.0 Å². The quantitative estimate of drug-likeness (QED) is 0.506. The molecule has 0 amide bonds. The molecule has 0 radical (unpaired) electrons. The third-order valence-electron chi connectivity index (χ3n) is 4.42. The highest BCUT2D eigenvalue weighted by molar-refractivity contribution is 5.80. The number of carboxylic acids is 1. The number of hydrogen-bond acceptors (Lipinski definition) is 3. The highest BCUT2D eigenvalue weighted by Gasteiger charge is 2.27. The van der Waals surface area contributed by atoms with Crippen molar-refractivity contribution in [1.29, 1.82) is 0 Å². The minimum atomic E-state index is -0.951. The van der Waals surface area contributed by atoms with E-state index in [4.69, 9.17) is 9.84 Å². The van der Waals surface area contributed by atoms with Crippen molar-refractivity contribution >= 4 is 18.0 Å². The summed E-state index contributed by atoms with van der Waals surface area (Å²) in [6.07, 6.45) is 8.30. The van der Waals surface area contributed by atoms with Crippen molar-refractivity contribution in [2.24, 2.45) is 5.92 Å². The summed E-state index contributed by atoms with van der Waals surface area (Å²) in [6.45, 7) is 6.18. The van der Waals surface area contributed by atoms with Gasteiger partial charge in [-0.15, -0.1) is 0 Å². The van der Waals surface area contributed by atoms with Crippen LogP contribution in [0.3, 0.4) is 0 Å². The Morgan fingerprint density at radius 1 is 1.33 bits per heavy atom. The highest BCUT2D eigenvalue weighted by atomic mass is 16.5. The van der Waals surface area contributed by atoms with Crippen molar-refractivity contribution in [1.82, 2.24) is 0 Å². The molecule has 0 heterocycles. The number of carbonyl (C=O) groups is 2. The summed E-state index contributed by atoms with van der Waals surface area (Å²) in [4.78, 5) is 21.6. The number of fused-ring (bicyclic) bond motifs is 1. The molecule has 1 aromatic rings. The summed E-state index contributed by atoms with van der Waals surface area (Å²) in [5, 5.41) is 8.66. The first-order valence-corrected chi connectivity index (χ1v) is 8.22. The van der Waals surface area contributed by atoms with Gasteiger partial charge in [0.2, 0.25) is 0 Å². The molecule has 0 fully saturated rings. The Bertz CT molecular complexity index is 685. The third-order valence-corrected chi connectivity index (χ3v) is 4.42. The van der Waals surface area contributed by atoms with Crippen molar-refractivity contribution in [2.45, 2.75) is 39.5 Å². The molecule has 128 valence electrons. The summed E-state index contributed by atoms with van der Waals surface area (Å²) < 4.78 is 5.18. The number of carbonyl (C=O) groups excluding carboxylic acids is 1. The fourth-order valence-electron chi connectivity index (χ4n) is 3.44. The molecule has 0 saturated carbocycles. The number of esters is 1. The summed E-state index contributed by atoms with van der Waals surface area (Å²) in [5.74, 6) is -0.459. The van der Waals surface area contributed by atoms with Gasteiger partial charge in [0.15, 0.2) is 0 Å². The van der Waals surface area contributed by atoms with Gasteiger partial charge in [-0.05, 0) is 53.9 Å². The van der Waals surface area contributed by atoms with Crippen LogP contribution in [0.15, 0.2) is 30.4 Å². The van der Waals surface area contributed by atoms with E-state index in [-0.39, 0.29) is 5.97 Å². The normalized spacial score (nSPS) is 20.3. The predicted molar refractivity (Wildman–Crippen MR) is 93.8 cm³/mol. The van der Waals surface area contributed by atoms with Crippen LogP contribution in [-0.2, 0) is 20.7 Å². The maximum absolute atomic E-state index is 11.0. The van der Waals surface area contributed by atoms with Crippen molar-refractivity contribution in [3.8, 4) is 0 Å². The number of aryl methyl sites for hydroxylation is 1. The average molecular weight is 328 g/mol. The summed E-state index contributed by atoms with van der Waals surface area (Å²) in [7, 11) is 0. The van der Waals surface area contributed by atoms with Gasteiger partial charge in [-0.3, -0.25) is 4.79 Å². The Morgan fingerprint density at radius 2 is 2.08 bits per heavy atom. The van der Waals surface area contributed by atoms with Crippen LogP contribution in [-0.4, -0.2) is 23.7 Å². The van der Waals surface area contributed by atoms with Crippen LogP contribution < -0.4 is 0 Å². The maximum Gasteiger partial charge on any atom is 0.328 e. The Morgan fingerprint density at radius 3 is 2.75 bits per heavy atom. The Kier molecular flexibility index (Phi) is 5.96. The zero-order valence-corrected chi connectivity index (χ0v) is 14.4. The smallest absolute Gasteiger partial charge is 0.328 e. The lowest BCUT2D eigenvalue weighted by Crippen LogP contribution is -2.23. The molecule has 24 heavy (non-hydrogen) atoms. The molecule has 1 aromatic carbocycles. The molecular weight excluding hydrogens is 304 g/mol. The number of ether oxygens (including phenoxy) is 1. The second-order valence-corrected chi connectivity index (χ2v) is 6.43. The molecule has 1 aliphatic carbocycles. The molecule has 0 aromatic heterocycles. The average Bonchev–Trinajstić information content (AvgIpc) is 2.51. The van der Waals surface area contributed by atoms with Crippen molar-refractivity contribution in [2.75, 3.05) is 6.61 Å². The molecule has 0 spiro atoms. The van der Waals surface area contributed by atoms with Crippen molar-refractivity contribution in [3.05, 3.63) is 52.6 Å². The summed E-state index contributed by atoms with van der Waals surface area (Å²) in [6, 6.07) is 4.26. The van der Waals surface area contributed by atoms with E-state index in [0.29, 0.717) is 18.4 Å². The lowest BCUT2D eigenvalue weighted by atomic mass is 9.75. The van der Waals surface area contributed by atoms with Gasteiger partial charge in [0.1, 0.15) is 0 Å².